The van der Waals surface area contributed by atoms with Crippen LogP contribution in [0.3, 0.4) is 0 Å². The van der Waals surface area contributed by atoms with E-state index in [9.17, 15) is 14.4 Å². The highest BCUT2D eigenvalue weighted by molar-refractivity contribution is 7.03. The van der Waals surface area contributed by atoms with Gasteiger partial charge in [-0.05, 0) is 35.4 Å². The first-order valence-electron chi connectivity index (χ1n) is 7.58. The average Bonchev–Trinajstić information content (AvgIpc) is 2.90. The monoisotopic (exact) mass is 391 g/mol. The molecular weight excluding hydrogens is 378 g/mol. The number of hydrogen-bond donors (Lipinski definition) is 2. The molecule has 2 N–H and O–H groups in total. The maximum absolute atomic E-state index is 12.6. The number of aromatic nitrogens is 2. The second-order valence-electron chi connectivity index (χ2n) is 5.47. The van der Waals surface area contributed by atoms with Gasteiger partial charge >= 0.3 is 16.7 Å². The van der Waals surface area contributed by atoms with Crippen LogP contribution < -0.4 is 15.9 Å². The first kappa shape index (κ1) is 18.0. The van der Waals surface area contributed by atoms with E-state index in [0.717, 1.165) is 27.2 Å². The molecule has 3 aromatic rings. The number of nitrogens with one attached hydrogen (secondary N) is 1. The summed E-state index contributed by atoms with van der Waals surface area (Å²) in [6.45, 7) is 0.332. The van der Waals surface area contributed by atoms with Crippen molar-refractivity contribution in [1.82, 2.24) is 13.8 Å². The summed E-state index contributed by atoms with van der Waals surface area (Å²) in [6, 6.07) is 13.7. The highest BCUT2D eigenvalue weighted by Gasteiger charge is 2.12. The van der Waals surface area contributed by atoms with Crippen LogP contribution in [0.15, 0.2) is 58.1 Å². The van der Waals surface area contributed by atoms with Crippen LogP contribution in [0.2, 0.25) is 5.02 Å². The lowest BCUT2D eigenvalue weighted by molar-refractivity contribution is 0.194. The van der Waals surface area contributed by atoms with Gasteiger partial charge in [0.2, 0.25) is 0 Å². The third-order valence-electron chi connectivity index (χ3n) is 3.66. The van der Waals surface area contributed by atoms with Gasteiger partial charge in [0.25, 0.3) is 0 Å². The predicted octanol–water partition coefficient (Wildman–Crippen LogP) is 2.53. The summed E-state index contributed by atoms with van der Waals surface area (Å²) in [5.74, 6) is 0. The zero-order chi connectivity index (χ0) is 18.7. The Balaban J connectivity index is 1.82. The second kappa shape index (κ2) is 7.59. The van der Waals surface area contributed by atoms with Gasteiger partial charge in [-0.3, -0.25) is 4.79 Å². The van der Waals surface area contributed by atoms with Crippen molar-refractivity contribution in [1.29, 1.82) is 0 Å². The number of rotatable bonds is 5. The average molecular weight is 392 g/mol. The van der Waals surface area contributed by atoms with Gasteiger partial charge in [0.1, 0.15) is 0 Å². The molecule has 2 aromatic carbocycles. The molecule has 0 atom stereocenters. The van der Waals surface area contributed by atoms with Crippen molar-refractivity contribution in [2.45, 2.75) is 13.1 Å². The smallest absolute Gasteiger partial charge is 0.404 e. The van der Waals surface area contributed by atoms with E-state index >= 15 is 0 Å². The molecule has 0 aliphatic heterocycles. The Morgan fingerprint density at radius 3 is 2.27 bits per heavy atom. The molecule has 0 bridgehead atoms. The Morgan fingerprint density at radius 1 is 1.04 bits per heavy atom. The van der Waals surface area contributed by atoms with E-state index < -0.39 is 11.8 Å². The summed E-state index contributed by atoms with van der Waals surface area (Å²) >= 11 is 6.67. The van der Waals surface area contributed by atoms with E-state index in [4.69, 9.17) is 16.7 Å². The highest BCUT2D eigenvalue weighted by Crippen LogP contribution is 2.13. The topological polar surface area (TPSA) is 93.3 Å². The molecule has 0 radical (unpaired) electrons. The summed E-state index contributed by atoms with van der Waals surface area (Å²) in [4.78, 5) is 34.9. The molecule has 1 heterocycles. The van der Waals surface area contributed by atoms with Crippen LogP contribution in [0.1, 0.15) is 11.1 Å². The summed E-state index contributed by atoms with van der Waals surface area (Å²) in [5, 5.41) is 11.4. The predicted molar refractivity (Wildman–Crippen MR) is 99.6 cm³/mol. The fraction of sp³-hybridized carbons (Fsp3) is 0.118. The maximum atomic E-state index is 12.6. The van der Waals surface area contributed by atoms with Gasteiger partial charge in [-0.25, -0.2) is 18.1 Å². The fourth-order valence-electron chi connectivity index (χ4n) is 2.35. The molecule has 0 spiro atoms. The van der Waals surface area contributed by atoms with Crippen LogP contribution in [0.25, 0.3) is 5.69 Å². The van der Waals surface area contributed by atoms with Gasteiger partial charge in [0, 0.05) is 23.1 Å². The standard InChI is InChI=1S/C17H14ClN3O4S/c18-13-5-7-14(8-6-13)21-16(24)20(17(25)26-21)10-12-3-1-11(2-4-12)9-19-15(22)23/h1-8,19H,9-10H2,(H,22,23). The molecule has 1 aromatic heterocycles. The Labute approximate surface area is 156 Å². The Kier molecular flexibility index (Phi) is 5.24. The van der Waals surface area contributed by atoms with Crippen LogP contribution >= 0.6 is 23.1 Å². The van der Waals surface area contributed by atoms with Crippen LogP contribution in [-0.4, -0.2) is 19.7 Å². The maximum Gasteiger partial charge on any atom is 0.404 e. The fourth-order valence-corrected chi connectivity index (χ4v) is 3.28. The van der Waals surface area contributed by atoms with Gasteiger partial charge in [0.05, 0.1) is 12.2 Å². The van der Waals surface area contributed by atoms with E-state index in [1.165, 1.54) is 3.96 Å². The van der Waals surface area contributed by atoms with E-state index in [2.05, 4.69) is 5.32 Å². The first-order chi connectivity index (χ1) is 12.4. The molecule has 7 nitrogen and oxygen atoms in total. The Morgan fingerprint density at radius 2 is 1.65 bits per heavy atom. The lowest BCUT2D eigenvalue weighted by atomic mass is 10.1. The van der Waals surface area contributed by atoms with E-state index in [-0.39, 0.29) is 18.0 Å². The quantitative estimate of drug-likeness (QED) is 0.698. The molecule has 3 rings (SSSR count). The molecule has 134 valence electrons. The number of amides is 1. The molecular formula is C17H14ClN3O4S. The SMILES string of the molecule is O=C(O)NCc1ccc(Cn2c(=O)sn(-c3ccc(Cl)cc3)c2=O)cc1. The summed E-state index contributed by atoms with van der Waals surface area (Å²) in [7, 11) is 0. The van der Waals surface area contributed by atoms with Gasteiger partial charge in [-0.1, -0.05) is 35.9 Å². The molecule has 26 heavy (non-hydrogen) atoms. The lowest BCUT2D eigenvalue weighted by Crippen LogP contribution is -2.28. The van der Waals surface area contributed by atoms with Crippen molar-refractivity contribution in [3.63, 3.8) is 0 Å². The van der Waals surface area contributed by atoms with E-state index in [1.807, 2.05) is 0 Å². The van der Waals surface area contributed by atoms with Gasteiger partial charge < -0.3 is 10.4 Å². The van der Waals surface area contributed by atoms with E-state index in [0.29, 0.717) is 10.7 Å². The van der Waals surface area contributed by atoms with Crippen LogP contribution in [0, 0.1) is 0 Å². The minimum absolute atomic E-state index is 0.140. The van der Waals surface area contributed by atoms with Crippen molar-refractivity contribution >= 4 is 29.2 Å². The molecule has 0 aliphatic rings. The number of nitrogens with zero attached hydrogens (tertiary/aromatic N) is 2. The third kappa shape index (κ3) is 4.04. The Bertz CT molecular complexity index is 1040. The summed E-state index contributed by atoms with van der Waals surface area (Å²) in [6.07, 6.45) is -1.10. The minimum Gasteiger partial charge on any atom is -0.465 e. The number of carbonyl (C=O) groups is 1. The molecule has 9 heteroatoms. The number of hydrogen-bond acceptors (Lipinski definition) is 4. The molecule has 0 aliphatic carbocycles. The molecule has 0 saturated heterocycles. The van der Waals surface area contributed by atoms with Crippen molar-refractivity contribution in [2.75, 3.05) is 0 Å². The summed E-state index contributed by atoms with van der Waals surface area (Å²) in [5.41, 5.74) is 1.71. The van der Waals surface area contributed by atoms with E-state index in [1.54, 1.807) is 48.5 Å². The molecule has 0 saturated carbocycles. The second-order valence-corrected chi connectivity index (χ2v) is 6.81. The largest absolute Gasteiger partial charge is 0.465 e. The van der Waals surface area contributed by atoms with Gasteiger partial charge in [0.15, 0.2) is 0 Å². The third-order valence-corrected chi connectivity index (χ3v) is 4.84. The molecule has 0 unspecified atom stereocenters. The van der Waals surface area contributed by atoms with Crippen LogP contribution in [-0.2, 0) is 13.1 Å². The van der Waals surface area contributed by atoms with Crippen molar-refractivity contribution in [3.05, 3.63) is 84.8 Å². The lowest BCUT2D eigenvalue weighted by Gasteiger charge is -2.04. The Hall–Kier alpha value is -2.84. The van der Waals surface area contributed by atoms with Gasteiger partial charge in [-0.2, -0.15) is 0 Å². The zero-order valence-corrected chi connectivity index (χ0v) is 15.0. The number of benzene rings is 2. The number of carboxylic acid groups (broad SMARTS) is 1. The van der Waals surface area contributed by atoms with Crippen LogP contribution in [0.4, 0.5) is 4.79 Å². The number of halogens is 1. The minimum atomic E-state index is -1.10. The van der Waals surface area contributed by atoms with Crippen LogP contribution in [0.5, 0.6) is 0 Å². The first-order valence-corrected chi connectivity index (χ1v) is 8.73. The van der Waals surface area contributed by atoms with Crippen molar-refractivity contribution in [3.8, 4) is 5.69 Å². The molecule has 0 fully saturated rings. The van der Waals surface area contributed by atoms with Gasteiger partial charge in [-0.15, -0.1) is 0 Å². The zero-order valence-electron chi connectivity index (χ0n) is 13.4. The summed E-state index contributed by atoms with van der Waals surface area (Å²) < 4.78 is 2.48. The van der Waals surface area contributed by atoms with Crippen molar-refractivity contribution < 1.29 is 9.90 Å². The van der Waals surface area contributed by atoms with Crippen molar-refractivity contribution in [2.24, 2.45) is 0 Å². The molecule has 1 amide bonds. The normalized spacial score (nSPS) is 10.7. The highest BCUT2D eigenvalue weighted by atomic mass is 35.5.